The second kappa shape index (κ2) is 8.10. The van der Waals surface area contributed by atoms with Crippen molar-refractivity contribution in [3.63, 3.8) is 0 Å². The average Bonchev–Trinajstić information content (AvgIpc) is 3.19. The number of nitrogens with zero attached hydrogens (tertiary/aromatic N) is 1. The first-order valence-corrected chi connectivity index (χ1v) is 11.6. The topological polar surface area (TPSA) is 3.24 Å². The number of rotatable bonds is 4. The molecule has 0 spiro atoms. The Morgan fingerprint density at radius 2 is 1.65 bits per heavy atom. The zero-order valence-electron chi connectivity index (χ0n) is 18.9. The van der Waals surface area contributed by atoms with Crippen molar-refractivity contribution in [3.8, 4) is 0 Å². The van der Waals surface area contributed by atoms with Crippen molar-refractivity contribution >= 4 is 5.69 Å². The van der Waals surface area contributed by atoms with Gasteiger partial charge in [0.05, 0.1) is 0 Å². The van der Waals surface area contributed by atoms with Crippen LogP contribution in [-0.2, 0) is 23.9 Å². The molecule has 0 saturated carbocycles. The largest absolute Gasteiger partial charge is 0.426 e. The fraction of sp³-hybridized carbons (Fsp3) is 0.357. The molecule has 2 aliphatic rings. The summed E-state index contributed by atoms with van der Waals surface area (Å²) in [6.45, 7) is 1.39. The van der Waals surface area contributed by atoms with E-state index in [0.717, 1.165) is 41.8 Å². The lowest BCUT2D eigenvalue weighted by atomic mass is 9.63. The zero-order valence-corrected chi connectivity index (χ0v) is 18.9. The molecular weight excluding hydrogens is 445 g/mol. The van der Waals surface area contributed by atoms with Gasteiger partial charge in [-0.25, -0.2) is 8.78 Å². The Morgan fingerprint density at radius 1 is 0.941 bits per heavy atom. The van der Waals surface area contributed by atoms with Crippen LogP contribution in [0, 0.1) is 5.82 Å². The highest BCUT2D eigenvalue weighted by atomic mass is 19.4. The molecule has 1 fully saturated rings. The summed E-state index contributed by atoms with van der Waals surface area (Å²) in [6.07, 6.45) is -2.21. The molecule has 34 heavy (non-hydrogen) atoms. The quantitative estimate of drug-likeness (QED) is 0.362. The summed E-state index contributed by atoms with van der Waals surface area (Å²) in [6, 6.07) is 21.1. The number of benzene rings is 3. The van der Waals surface area contributed by atoms with Gasteiger partial charge in [-0.3, -0.25) is 0 Å². The molecular formula is C28H26F5N. The van der Waals surface area contributed by atoms with Crippen molar-refractivity contribution < 1.29 is 22.0 Å². The van der Waals surface area contributed by atoms with Gasteiger partial charge in [0.15, 0.2) is 0 Å². The predicted octanol–water partition coefficient (Wildman–Crippen LogP) is 7.28. The van der Waals surface area contributed by atoms with Gasteiger partial charge in [-0.1, -0.05) is 48.5 Å². The lowest BCUT2D eigenvalue weighted by Gasteiger charge is -2.44. The number of anilines is 1. The molecule has 178 valence electrons. The lowest BCUT2D eigenvalue weighted by molar-refractivity contribution is -0.228. The number of hydrogen-bond acceptors (Lipinski definition) is 1. The van der Waals surface area contributed by atoms with Crippen molar-refractivity contribution in [2.45, 2.75) is 55.9 Å². The normalized spacial score (nSPS) is 23.8. The fourth-order valence-electron chi connectivity index (χ4n) is 5.92. The van der Waals surface area contributed by atoms with E-state index in [-0.39, 0.29) is 22.8 Å². The van der Waals surface area contributed by atoms with E-state index in [2.05, 4.69) is 17.0 Å². The molecule has 1 saturated heterocycles. The first-order valence-electron chi connectivity index (χ1n) is 11.6. The Morgan fingerprint density at radius 3 is 2.32 bits per heavy atom. The van der Waals surface area contributed by atoms with Crippen LogP contribution in [0.2, 0.25) is 0 Å². The highest BCUT2D eigenvalue weighted by molar-refractivity contribution is 5.55. The summed E-state index contributed by atoms with van der Waals surface area (Å²) in [4.78, 5) is 2.38. The average molecular weight is 472 g/mol. The van der Waals surface area contributed by atoms with Crippen LogP contribution in [-0.4, -0.2) is 18.8 Å². The Kier molecular flexibility index (Phi) is 5.45. The minimum Gasteiger partial charge on any atom is -0.368 e. The van der Waals surface area contributed by atoms with E-state index >= 15 is 0 Å². The van der Waals surface area contributed by atoms with E-state index in [0.29, 0.717) is 19.8 Å². The molecule has 3 aromatic rings. The van der Waals surface area contributed by atoms with Gasteiger partial charge in [-0.05, 0) is 79.1 Å². The smallest absolute Gasteiger partial charge is 0.368 e. The lowest BCUT2D eigenvalue weighted by Crippen LogP contribution is -2.48. The molecule has 1 nitrogen and oxygen atoms in total. The van der Waals surface area contributed by atoms with E-state index in [1.807, 2.05) is 18.2 Å². The second-order valence-corrected chi connectivity index (χ2v) is 9.67. The fourth-order valence-corrected chi connectivity index (χ4v) is 5.92. The first kappa shape index (κ1) is 22.9. The minimum absolute atomic E-state index is 0.137. The summed E-state index contributed by atoms with van der Waals surface area (Å²) >= 11 is 0. The minimum atomic E-state index is -4.98. The monoisotopic (exact) mass is 471 g/mol. The maximum Gasteiger partial charge on any atom is 0.426 e. The Balaban J connectivity index is 1.60. The van der Waals surface area contributed by atoms with Crippen molar-refractivity contribution in [3.05, 3.63) is 101 Å². The molecule has 0 radical (unpaired) electrons. The molecule has 1 aliphatic carbocycles. The van der Waals surface area contributed by atoms with E-state index in [1.54, 1.807) is 18.2 Å². The van der Waals surface area contributed by atoms with E-state index in [9.17, 15) is 22.0 Å². The summed E-state index contributed by atoms with van der Waals surface area (Å²) in [7, 11) is 0. The van der Waals surface area contributed by atoms with E-state index in [1.165, 1.54) is 24.3 Å². The highest BCUT2D eigenvalue weighted by Gasteiger charge is 2.55. The summed E-state index contributed by atoms with van der Waals surface area (Å²) in [5.74, 6) is -0.307. The van der Waals surface area contributed by atoms with Crippen LogP contribution in [0.25, 0.3) is 0 Å². The predicted molar refractivity (Wildman–Crippen MR) is 123 cm³/mol. The molecule has 0 amide bonds. The maximum absolute atomic E-state index is 14.8. The Labute approximate surface area is 196 Å². The van der Waals surface area contributed by atoms with Crippen LogP contribution >= 0.6 is 0 Å². The Hall–Kier alpha value is -2.89. The number of aryl methyl sites for hydroxylation is 1. The van der Waals surface area contributed by atoms with Gasteiger partial charge in [0.1, 0.15) is 5.82 Å². The first-order chi connectivity index (χ1) is 16.1. The van der Waals surface area contributed by atoms with Crippen molar-refractivity contribution in [2.24, 2.45) is 0 Å². The molecule has 6 heteroatoms. The van der Waals surface area contributed by atoms with Crippen molar-refractivity contribution in [1.82, 2.24) is 0 Å². The molecule has 5 rings (SSSR count). The summed E-state index contributed by atoms with van der Waals surface area (Å²) < 4.78 is 68.5. The third-order valence-corrected chi connectivity index (χ3v) is 7.74. The highest BCUT2D eigenvalue weighted by Crippen LogP contribution is 2.51. The van der Waals surface area contributed by atoms with Crippen LogP contribution < -0.4 is 4.90 Å². The SMILES string of the molecule is CC(F)(c1ccc2c(c1)CC[C@H]1N(c3ccccc3)CC[C@@]21Cc1ccc(F)cc1)C(F)(F)F. The van der Waals surface area contributed by atoms with Gasteiger partial charge < -0.3 is 4.90 Å². The third-order valence-electron chi connectivity index (χ3n) is 7.74. The number of halogens is 5. The molecule has 0 N–H and O–H groups in total. The van der Waals surface area contributed by atoms with Gasteiger partial charge in [-0.2, -0.15) is 13.2 Å². The Bertz CT molecular complexity index is 1170. The van der Waals surface area contributed by atoms with Gasteiger partial charge in [-0.15, -0.1) is 0 Å². The van der Waals surface area contributed by atoms with Crippen LogP contribution in [0.1, 0.15) is 42.0 Å². The molecule has 3 aromatic carbocycles. The van der Waals surface area contributed by atoms with Crippen LogP contribution in [0.4, 0.5) is 27.6 Å². The second-order valence-electron chi connectivity index (χ2n) is 9.67. The maximum atomic E-state index is 14.8. The molecule has 1 aliphatic heterocycles. The van der Waals surface area contributed by atoms with E-state index in [4.69, 9.17) is 0 Å². The molecule has 0 bridgehead atoms. The van der Waals surface area contributed by atoms with Crippen LogP contribution in [0.15, 0.2) is 72.8 Å². The molecule has 1 unspecified atom stereocenters. The number of alkyl halides is 4. The standard InChI is InChI=1S/C28H26F5N/c1-26(30,28(31,32)33)21-10-13-24-20(17-21)9-14-25-27(24,18-19-7-11-22(29)12-8-19)15-16-34(25)23-5-3-2-4-6-23/h2-8,10-13,17,25H,9,14-16,18H2,1H3/t25-,26?,27-/m1/s1. The third kappa shape index (κ3) is 3.68. The van der Waals surface area contributed by atoms with Gasteiger partial charge in [0, 0.05) is 23.7 Å². The van der Waals surface area contributed by atoms with Crippen LogP contribution in [0.3, 0.4) is 0 Å². The molecule has 3 atom stereocenters. The van der Waals surface area contributed by atoms with Crippen molar-refractivity contribution in [2.75, 3.05) is 11.4 Å². The van der Waals surface area contributed by atoms with E-state index < -0.39 is 11.8 Å². The van der Waals surface area contributed by atoms with Gasteiger partial charge >= 0.3 is 6.18 Å². The number of fused-ring (bicyclic) bond motifs is 3. The van der Waals surface area contributed by atoms with Gasteiger partial charge in [0.2, 0.25) is 5.67 Å². The van der Waals surface area contributed by atoms with Gasteiger partial charge in [0.25, 0.3) is 0 Å². The molecule has 1 heterocycles. The van der Waals surface area contributed by atoms with Crippen LogP contribution in [0.5, 0.6) is 0 Å². The summed E-state index contributed by atoms with van der Waals surface area (Å²) in [5, 5.41) is 0. The van der Waals surface area contributed by atoms with Crippen molar-refractivity contribution in [1.29, 1.82) is 0 Å². The molecule has 0 aromatic heterocycles. The summed E-state index contributed by atoms with van der Waals surface area (Å²) in [5.41, 5.74) is -0.274. The number of para-hydroxylation sites is 1. The number of hydrogen-bond donors (Lipinski definition) is 0. The zero-order chi connectivity index (χ0) is 24.1.